The minimum Gasteiger partial charge on any atom is -0.504 e. The van der Waals surface area contributed by atoms with Crippen LogP contribution < -0.4 is 15.8 Å². The molecule has 0 radical (unpaired) electrons. The molecule has 0 aromatic heterocycles. The van der Waals surface area contributed by atoms with Crippen molar-refractivity contribution in [1.82, 2.24) is 5.32 Å². The summed E-state index contributed by atoms with van der Waals surface area (Å²) in [6.07, 6.45) is 21.2. The summed E-state index contributed by atoms with van der Waals surface area (Å²) in [7, 11) is 0. The van der Waals surface area contributed by atoms with Crippen molar-refractivity contribution in [2.24, 2.45) is 46.2 Å². The highest BCUT2D eigenvalue weighted by atomic mass is 16.5. The van der Waals surface area contributed by atoms with Crippen LogP contribution in [0.2, 0.25) is 0 Å². The summed E-state index contributed by atoms with van der Waals surface area (Å²) in [4.78, 5) is 4.92. The smallest absolute Gasteiger partial charge is 0.189 e. The molecule has 0 amide bonds. The van der Waals surface area contributed by atoms with E-state index in [0.29, 0.717) is 54.8 Å². The van der Waals surface area contributed by atoms with Gasteiger partial charge in [-0.15, -0.1) is 4.99 Å². The highest BCUT2D eigenvalue weighted by Crippen LogP contribution is 2.48. The zero-order valence-corrected chi connectivity index (χ0v) is 37.1. The van der Waals surface area contributed by atoms with Gasteiger partial charge in [0.2, 0.25) is 0 Å². The van der Waals surface area contributed by atoms with Crippen molar-refractivity contribution in [3.63, 3.8) is 0 Å². The first-order chi connectivity index (χ1) is 30.6. The lowest BCUT2D eigenvalue weighted by Gasteiger charge is -2.41. The highest BCUT2D eigenvalue weighted by molar-refractivity contribution is 6.04. The number of nitrogens with zero attached hydrogens (tertiary/aromatic N) is 1. The number of aliphatic hydroxyl groups excluding tert-OH is 5. The summed E-state index contributed by atoms with van der Waals surface area (Å²) >= 11 is 0. The van der Waals surface area contributed by atoms with E-state index in [9.17, 15) is 30.6 Å². The second kappa shape index (κ2) is 21.1. The molecule has 3 fully saturated rings. The average Bonchev–Trinajstić information content (AvgIpc) is 4.02. The Kier molecular flexibility index (Phi) is 15.4. The molecule has 4 aliphatic carbocycles. The van der Waals surface area contributed by atoms with Crippen LogP contribution in [0.5, 0.6) is 11.5 Å². The number of aryl methyl sites for hydroxylation is 1. The molecule has 3 saturated carbocycles. The molecule has 11 nitrogen and oxygen atoms in total. The SMILES string of the molecule is C[C@H](O)CNC[C@@H]1C2=C[C+]([C@@H](O)COc3cc(CC[C-]4C=C(CO)C(CCCC[C@@H]5CC[C@@H]([C@@H]6C=Cc7cc(CO)ccc7[C@H]6O)[C@H](N)C5)O4)ccc3O)N=C2CC[C@H]2CCC[C@@H]21. The molecule has 6 aliphatic rings. The molecule has 8 rings (SSSR count). The van der Waals surface area contributed by atoms with E-state index in [-0.39, 0.29) is 49.6 Å². The Morgan fingerprint density at radius 3 is 2.65 bits per heavy atom. The van der Waals surface area contributed by atoms with Gasteiger partial charge in [-0.05, 0) is 110 Å². The summed E-state index contributed by atoms with van der Waals surface area (Å²) in [5.74, 6) is 2.71. The van der Waals surface area contributed by atoms with Gasteiger partial charge in [0.15, 0.2) is 29.4 Å². The number of hydrogen-bond acceptors (Lipinski definition) is 11. The number of nitrogens with two attached hydrogens (primary N) is 1. The number of phenolic OH excluding ortho intramolecular Hbond substituents is 1. The number of phenols is 1. The maximum atomic E-state index is 11.3. The van der Waals surface area contributed by atoms with Crippen molar-refractivity contribution in [3.8, 4) is 11.5 Å². The molecule has 0 bridgehead atoms. The highest BCUT2D eigenvalue weighted by Gasteiger charge is 2.47. The lowest BCUT2D eigenvalue weighted by molar-refractivity contribution is 0.0648. The minimum absolute atomic E-state index is 0.000206. The van der Waals surface area contributed by atoms with Gasteiger partial charge >= 0.3 is 0 Å². The topological polar surface area (TPSA) is 190 Å². The predicted octanol–water partition coefficient (Wildman–Crippen LogP) is 6.80. The Hall–Kier alpha value is -3.65. The molecule has 2 aliphatic heterocycles. The molecule has 0 saturated heterocycles. The third kappa shape index (κ3) is 10.9. The Bertz CT molecular complexity index is 1980. The zero-order chi connectivity index (χ0) is 44.0. The maximum Gasteiger partial charge on any atom is 0.189 e. The van der Waals surface area contributed by atoms with Crippen LogP contribution in [0.15, 0.2) is 70.8 Å². The van der Waals surface area contributed by atoms with Crippen molar-refractivity contribution < 1.29 is 40.1 Å². The first-order valence-electron chi connectivity index (χ1n) is 24.0. The third-order valence-electron chi connectivity index (χ3n) is 15.2. The Morgan fingerprint density at radius 1 is 1.00 bits per heavy atom. The van der Waals surface area contributed by atoms with Crippen LogP contribution in [0.1, 0.15) is 119 Å². The summed E-state index contributed by atoms with van der Waals surface area (Å²) < 4.78 is 12.4. The van der Waals surface area contributed by atoms with Crippen LogP contribution in [0.4, 0.5) is 0 Å². The van der Waals surface area contributed by atoms with Gasteiger partial charge in [0, 0.05) is 44.2 Å². The van der Waals surface area contributed by atoms with Gasteiger partial charge in [0.25, 0.3) is 0 Å². The van der Waals surface area contributed by atoms with Crippen LogP contribution in [-0.2, 0) is 17.8 Å². The number of hydrogen-bond donors (Lipinski definition) is 8. The standard InChI is InChI=1S/C52H71N3O8/c1-31(58)26-54-27-44-39-7-4-6-35(39)14-19-46-43(44)25-47(55-46)49(60)30-62-51-23-33(12-20-48(51)59)9-15-38-24-37(29-57)50(63-38)8-3-2-5-32-10-17-41(45(53)22-32)42-18-13-36-21-34(28-56)11-16-40(36)52(42)61/h11-13,16,18,20-21,23-25,31-32,35,39,41-42,44-45,49-50,52,54,56-61H,2-10,14-15,17,19,22,26-30,53H2,1H3/t31-,32+,35+,39-,41-,42-,44-,45+,49-,50?,52+/m0/s1. The van der Waals surface area contributed by atoms with Gasteiger partial charge in [-0.2, -0.15) is 11.6 Å². The Labute approximate surface area is 374 Å². The molecule has 11 heteroatoms. The van der Waals surface area contributed by atoms with Crippen molar-refractivity contribution in [1.29, 1.82) is 0 Å². The molecule has 342 valence electrons. The number of aliphatic hydroxyl groups is 5. The number of ether oxygens (including phenoxy) is 2. The van der Waals surface area contributed by atoms with Crippen molar-refractivity contribution in [2.45, 2.75) is 134 Å². The molecule has 1 unspecified atom stereocenters. The van der Waals surface area contributed by atoms with Crippen LogP contribution in [0.3, 0.4) is 0 Å². The van der Waals surface area contributed by atoms with Gasteiger partial charge in [-0.25, -0.2) is 0 Å². The van der Waals surface area contributed by atoms with Crippen LogP contribution >= 0.6 is 0 Å². The molecule has 0 spiro atoms. The van der Waals surface area contributed by atoms with E-state index in [1.807, 2.05) is 36.4 Å². The van der Waals surface area contributed by atoms with Crippen molar-refractivity contribution in [3.05, 3.63) is 100 Å². The summed E-state index contributed by atoms with van der Waals surface area (Å²) in [5.41, 5.74) is 13.7. The number of nitrogens with one attached hydrogen (secondary N) is 1. The van der Waals surface area contributed by atoms with E-state index < -0.39 is 18.3 Å². The summed E-state index contributed by atoms with van der Waals surface area (Å²) in [6, 6.07) is 11.8. The van der Waals surface area contributed by atoms with E-state index in [4.69, 9.17) is 20.2 Å². The second-order valence-electron chi connectivity index (χ2n) is 19.5. The first-order valence-corrected chi connectivity index (χ1v) is 24.0. The molecule has 9 N–H and O–H groups in total. The molecule has 63 heavy (non-hydrogen) atoms. The number of benzene rings is 2. The molecule has 11 atom stereocenters. The van der Waals surface area contributed by atoms with E-state index in [1.54, 1.807) is 13.0 Å². The van der Waals surface area contributed by atoms with Gasteiger partial charge in [-0.3, -0.25) is 0 Å². The molecular weight excluding hydrogens is 795 g/mol. The monoisotopic (exact) mass is 866 g/mol. The molecule has 2 aromatic rings. The van der Waals surface area contributed by atoms with E-state index in [2.05, 4.69) is 23.5 Å². The summed E-state index contributed by atoms with van der Waals surface area (Å²) in [6.45, 7) is 3.05. The van der Waals surface area contributed by atoms with Crippen molar-refractivity contribution in [2.75, 3.05) is 26.3 Å². The summed E-state index contributed by atoms with van der Waals surface area (Å²) in [5, 5.41) is 66.3. The number of rotatable bonds is 19. The van der Waals surface area contributed by atoms with Crippen LogP contribution in [-0.4, -0.2) is 87.0 Å². The fraction of sp³-hybridized carbons (Fsp3) is 0.596. The molecule has 2 aromatic carbocycles. The largest absolute Gasteiger partial charge is 0.504 e. The lowest BCUT2D eigenvalue weighted by Crippen LogP contribution is -2.42. The zero-order valence-electron chi connectivity index (χ0n) is 37.1. The molecular formula is C52H71N3O8. The van der Waals surface area contributed by atoms with Gasteiger partial charge in [-0.1, -0.05) is 81.4 Å². The van der Waals surface area contributed by atoms with Gasteiger partial charge in [0.05, 0.1) is 30.8 Å². The maximum absolute atomic E-state index is 11.3. The van der Waals surface area contributed by atoms with Crippen LogP contribution in [0.25, 0.3) is 6.08 Å². The van der Waals surface area contributed by atoms with Crippen molar-refractivity contribution >= 4 is 11.8 Å². The minimum atomic E-state index is -0.944. The quantitative estimate of drug-likeness (QED) is 0.0551. The molecule has 2 heterocycles. The third-order valence-corrected chi connectivity index (χ3v) is 15.2. The fourth-order valence-corrected chi connectivity index (χ4v) is 11.7. The number of fused-ring (bicyclic) bond motifs is 3. The second-order valence-corrected chi connectivity index (χ2v) is 19.5. The van der Waals surface area contributed by atoms with E-state index in [0.717, 1.165) is 104 Å². The number of aliphatic imine (C=N–C) groups is 1. The Balaban J connectivity index is 0.764. The fourth-order valence-electron chi connectivity index (χ4n) is 11.7. The number of aromatic hydroxyl groups is 1. The number of unbranched alkanes of at least 4 members (excludes halogenated alkanes) is 1. The lowest BCUT2D eigenvalue weighted by atomic mass is 9.68. The average molecular weight is 866 g/mol. The predicted molar refractivity (Wildman–Crippen MR) is 245 cm³/mol. The van der Waals surface area contributed by atoms with Gasteiger partial charge in [0.1, 0.15) is 12.2 Å². The van der Waals surface area contributed by atoms with Gasteiger partial charge < -0.3 is 51.2 Å². The first kappa shape index (κ1) is 45.9. The normalized spacial score (nSPS) is 30.0. The Morgan fingerprint density at radius 2 is 1.84 bits per heavy atom. The van der Waals surface area contributed by atoms with E-state index in [1.165, 1.54) is 24.8 Å². The van der Waals surface area contributed by atoms with Crippen LogP contribution in [0, 0.1) is 47.7 Å². The van der Waals surface area contributed by atoms with E-state index >= 15 is 0 Å².